The summed E-state index contributed by atoms with van der Waals surface area (Å²) in [4.78, 5) is 32.6. The lowest BCUT2D eigenvalue weighted by Crippen LogP contribution is -2.21. The van der Waals surface area contributed by atoms with Crippen LogP contribution in [0.25, 0.3) is 32.5 Å². The number of thiophene rings is 1. The molecule has 0 atom stereocenters. The van der Waals surface area contributed by atoms with Gasteiger partial charge in [0.15, 0.2) is 11.5 Å². The van der Waals surface area contributed by atoms with E-state index in [1.54, 1.807) is 36.0 Å². The van der Waals surface area contributed by atoms with Crippen molar-refractivity contribution in [1.29, 1.82) is 0 Å². The molecule has 190 valence electrons. The molecule has 0 bridgehead atoms. The molecule has 0 saturated heterocycles. The van der Waals surface area contributed by atoms with Crippen LogP contribution in [0.5, 0.6) is 0 Å². The van der Waals surface area contributed by atoms with Crippen LogP contribution in [0, 0.1) is 6.92 Å². The maximum absolute atomic E-state index is 13.4. The second-order valence-corrected chi connectivity index (χ2v) is 9.46. The summed E-state index contributed by atoms with van der Waals surface area (Å²) in [6, 6.07) is 17.7. The van der Waals surface area contributed by atoms with E-state index in [0.29, 0.717) is 5.65 Å². The molecule has 0 aliphatic carbocycles. The van der Waals surface area contributed by atoms with Crippen LogP contribution in [0.2, 0.25) is 0 Å². The Morgan fingerprint density at radius 3 is 2.55 bits per heavy atom. The van der Waals surface area contributed by atoms with Crippen molar-refractivity contribution in [2.45, 2.75) is 20.3 Å². The van der Waals surface area contributed by atoms with Crippen molar-refractivity contribution in [3.63, 3.8) is 0 Å². The van der Waals surface area contributed by atoms with Gasteiger partial charge < -0.3 is 11.5 Å². The van der Waals surface area contributed by atoms with Gasteiger partial charge in [-0.15, -0.1) is 16.4 Å². The molecule has 0 saturated carbocycles. The Balaban J connectivity index is 0.000000190. The smallest absolute Gasteiger partial charge is 0.264 e. The first-order valence-electron chi connectivity index (χ1n) is 11.9. The Kier molecular flexibility index (Phi) is 6.71. The molecule has 0 aliphatic heterocycles. The second-order valence-electron chi connectivity index (χ2n) is 8.55. The Morgan fingerprint density at radius 1 is 1.05 bits per heavy atom. The number of benzene rings is 1. The van der Waals surface area contributed by atoms with Gasteiger partial charge in [-0.1, -0.05) is 25.1 Å². The highest BCUT2D eigenvalue weighted by Gasteiger charge is 2.17. The van der Waals surface area contributed by atoms with Crippen molar-refractivity contribution in [3.8, 4) is 16.8 Å². The number of fused-ring (bicyclic) bond motifs is 2. The number of carbonyl (C=O) groups is 1. The van der Waals surface area contributed by atoms with Gasteiger partial charge in [0.25, 0.3) is 11.5 Å². The molecular formula is C28H25N7O2S. The van der Waals surface area contributed by atoms with Gasteiger partial charge in [-0.3, -0.25) is 19.1 Å². The van der Waals surface area contributed by atoms with Crippen LogP contribution in [0.15, 0.2) is 83.4 Å². The number of pyridine rings is 2. The van der Waals surface area contributed by atoms with E-state index in [1.807, 2.05) is 54.0 Å². The van der Waals surface area contributed by atoms with E-state index in [4.69, 9.17) is 11.5 Å². The first-order valence-corrected chi connectivity index (χ1v) is 12.8. The summed E-state index contributed by atoms with van der Waals surface area (Å²) in [5, 5.41) is 6.73. The summed E-state index contributed by atoms with van der Waals surface area (Å²) in [5.41, 5.74) is 16.1. The zero-order valence-corrected chi connectivity index (χ0v) is 21.6. The average Bonchev–Trinajstić information content (AvgIpc) is 3.50. The number of rotatable bonds is 4. The quantitative estimate of drug-likeness (QED) is 0.352. The lowest BCUT2D eigenvalue weighted by molar-refractivity contribution is 0.100. The van der Waals surface area contributed by atoms with Gasteiger partial charge in [-0.25, -0.2) is 9.50 Å². The minimum Gasteiger partial charge on any atom is -0.381 e. The van der Waals surface area contributed by atoms with E-state index in [0.717, 1.165) is 44.7 Å². The van der Waals surface area contributed by atoms with Crippen LogP contribution >= 0.6 is 11.3 Å². The van der Waals surface area contributed by atoms with E-state index in [9.17, 15) is 9.59 Å². The third kappa shape index (κ3) is 4.53. The third-order valence-electron chi connectivity index (χ3n) is 6.07. The molecule has 0 radical (unpaired) electrons. The third-order valence-corrected chi connectivity index (χ3v) is 7.00. The first-order chi connectivity index (χ1) is 18.4. The molecule has 0 spiro atoms. The molecular weight excluding hydrogens is 498 g/mol. The number of primary amides is 1. The summed E-state index contributed by atoms with van der Waals surface area (Å²) in [6.45, 7) is 4.05. The van der Waals surface area contributed by atoms with E-state index in [2.05, 4.69) is 33.4 Å². The molecule has 4 N–H and O–H groups in total. The minimum absolute atomic E-state index is 0.0475. The molecule has 6 aromatic rings. The van der Waals surface area contributed by atoms with E-state index in [-0.39, 0.29) is 16.9 Å². The number of aromatic nitrogens is 5. The summed E-state index contributed by atoms with van der Waals surface area (Å²) in [6.07, 6.45) is 5.79. The lowest BCUT2D eigenvalue weighted by Gasteiger charge is -2.13. The van der Waals surface area contributed by atoms with Crippen molar-refractivity contribution >= 4 is 38.8 Å². The van der Waals surface area contributed by atoms with Gasteiger partial charge in [0.05, 0.1) is 5.39 Å². The van der Waals surface area contributed by atoms with Crippen molar-refractivity contribution < 1.29 is 4.79 Å². The predicted molar refractivity (Wildman–Crippen MR) is 151 cm³/mol. The number of carbonyl (C=O) groups excluding carboxylic acids is 1. The molecule has 9 nitrogen and oxygen atoms in total. The van der Waals surface area contributed by atoms with Crippen LogP contribution in [0.3, 0.4) is 0 Å². The van der Waals surface area contributed by atoms with Gasteiger partial charge in [-0.2, -0.15) is 0 Å². The fraction of sp³-hybridized carbons (Fsp3) is 0.107. The summed E-state index contributed by atoms with van der Waals surface area (Å²) in [7, 11) is 0. The molecule has 10 heteroatoms. The number of hydrogen-bond donors (Lipinski definition) is 2. The van der Waals surface area contributed by atoms with Gasteiger partial charge in [0.2, 0.25) is 0 Å². The van der Waals surface area contributed by atoms with E-state index >= 15 is 0 Å². The number of hydrogen-bond acceptors (Lipinski definition) is 7. The number of nitrogens with zero attached hydrogens (tertiary/aromatic N) is 5. The van der Waals surface area contributed by atoms with Crippen molar-refractivity contribution in [2.75, 3.05) is 5.73 Å². The van der Waals surface area contributed by atoms with Gasteiger partial charge in [0, 0.05) is 51.3 Å². The number of para-hydroxylation sites is 1. The van der Waals surface area contributed by atoms with Crippen LogP contribution in [-0.4, -0.2) is 30.1 Å². The molecule has 5 aromatic heterocycles. The maximum Gasteiger partial charge on any atom is 0.264 e. The number of anilines is 1. The number of nitrogens with two attached hydrogens (primary N) is 2. The Morgan fingerprint density at radius 2 is 1.84 bits per heavy atom. The minimum atomic E-state index is -0.619. The van der Waals surface area contributed by atoms with Crippen LogP contribution in [0.1, 0.15) is 28.7 Å². The molecule has 0 unspecified atom stereocenters. The van der Waals surface area contributed by atoms with Gasteiger partial charge >= 0.3 is 0 Å². The molecule has 38 heavy (non-hydrogen) atoms. The zero-order valence-electron chi connectivity index (χ0n) is 20.8. The highest BCUT2D eigenvalue weighted by molar-refractivity contribution is 7.17. The molecule has 6 rings (SSSR count). The largest absolute Gasteiger partial charge is 0.381 e. The number of aryl methyl sites for hydroxylation is 2. The van der Waals surface area contributed by atoms with Gasteiger partial charge in [0.1, 0.15) is 5.56 Å². The fourth-order valence-corrected chi connectivity index (χ4v) is 5.36. The molecule has 5 heterocycles. The normalized spacial score (nSPS) is 10.9. The van der Waals surface area contributed by atoms with Crippen LogP contribution in [0.4, 0.5) is 5.82 Å². The molecule has 1 aromatic carbocycles. The van der Waals surface area contributed by atoms with Crippen molar-refractivity contribution in [2.24, 2.45) is 5.73 Å². The maximum atomic E-state index is 13.4. The second kappa shape index (κ2) is 10.3. The molecule has 1 amide bonds. The number of nitrogen functional groups attached to an aromatic ring is 1. The van der Waals surface area contributed by atoms with Crippen LogP contribution < -0.4 is 17.0 Å². The van der Waals surface area contributed by atoms with Crippen molar-refractivity contribution in [3.05, 3.63) is 106 Å². The summed E-state index contributed by atoms with van der Waals surface area (Å²) < 4.78 is 4.29. The highest BCUT2D eigenvalue weighted by Crippen LogP contribution is 2.33. The van der Waals surface area contributed by atoms with Gasteiger partial charge in [-0.05, 0) is 55.3 Å². The zero-order chi connectivity index (χ0) is 26.8. The number of amides is 1. The predicted octanol–water partition coefficient (Wildman–Crippen LogP) is 4.40. The molecule has 0 aliphatic rings. The summed E-state index contributed by atoms with van der Waals surface area (Å²) >= 11 is 1.63. The standard InChI is InChI=1S/C21H18N2OS.C7H7N5O/c1-3-16-12-19-20(21(24)23(16)17-7-5-4-6-8-17)18(13-25-19)15-9-10-22-14(2)11-15;8-5-4(6(9)13)7-10-2-1-3-12(7)11-5/h4-13H,3H2,1-2H3;1-3H,(H2,8,11)(H2,9,13). The molecule has 0 fully saturated rings. The fourth-order valence-electron chi connectivity index (χ4n) is 4.34. The van der Waals surface area contributed by atoms with E-state index in [1.165, 1.54) is 4.52 Å². The first kappa shape index (κ1) is 24.8. The van der Waals surface area contributed by atoms with Crippen molar-refractivity contribution in [1.82, 2.24) is 24.1 Å². The Hall–Kier alpha value is -4.83. The van der Waals surface area contributed by atoms with Crippen LogP contribution in [-0.2, 0) is 6.42 Å². The monoisotopic (exact) mass is 523 g/mol. The summed E-state index contributed by atoms with van der Waals surface area (Å²) in [5.74, 6) is -0.516. The average molecular weight is 524 g/mol. The van der Waals surface area contributed by atoms with E-state index < -0.39 is 5.91 Å². The topological polar surface area (TPSA) is 134 Å². The Labute approximate surface area is 222 Å². The Bertz CT molecular complexity index is 1840. The highest BCUT2D eigenvalue weighted by atomic mass is 32.1. The lowest BCUT2D eigenvalue weighted by atomic mass is 10.1. The SMILES string of the molecule is CCc1cc2scc(-c3ccnc(C)c3)c2c(=O)n1-c1ccccc1.NC(=O)c1c(N)nn2cccnc12.